The summed E-state index contributed by atoms with van der Waals surface area (Å²) in [5.41, 5.74) is 1.05. The molecule has 0 aliphatic carbocycles. The molecular weight excluding hydrogens is 290 g/mol. The predicted octanol–water partition coefficient (Wildman–Crippen LogP) is 3.56. The summed E-state index contributed by atoms with van der Waals surface area (Å²) < 4.78 is 5.40. The molecular formula is C16H14ClNO3. The van der Waals surface area contributed by atoms with Gasteiger partial charge in [-0.05, 0) is 37.3 Å². The van der Waals surface area contributed by atoms with E-state index in [1.807, 2.05) is 18.2 Å². The SMILES string of the molecule is CC(=O)c1cc(Cl)ccc1OCC(=O)Nc1ccccc1. The van der Waals surface area contributed by atoms with Gasteiger partial charge in [0, 0.05) is 10.7 Å². The third-order valence-corrected chi connectivity index (χ3v) is 2.97. The number of nitrogens with one attached hydrogen (secondary N) is 1. The monoisotopic (exact) mass is 303 g/mol. The molecule has 0 saturated carbocycles. The van der Waals surface area contributed by atoms with Gasteiger partial charge in [-0.2, -0.15) is 0 Å². The highest BCUT2D eigenvalue weighted by atomic mass is 35.5. The molecule has 1 amide bonds. The predicted molar refractivity (Wildman–Crippen MR) is 82.0 cm³/mol. The fourth-order valence-corrected chi connectivity index (χ4v) is 1.94. The number of amides is 1. The van der Waals surface area contributed by atoms with Crippen molar-refractivity contribution in [3.05, 3.63) is 59.1 Å². The van der Waals surface area contributed by atoms with E-state index in [1.54, 1.807) is 24.3 Å². The summed E-state index contributed by atoms with van der Waals surface area (Å²) in [5, 5.41) is 3.14. The third kappa shape index (κ3) is 4.33. The number of benzene rings is 2. The Kier molecular flexibility index (Phi) is 4.95. The average molecular weight is 304 g/mol. The van der Waals surface area contributed by atoms with Crippen molar-refractivity contribution in [1.82, 2.24) is 0 Å². The summed E-state index contributed by atoms with van der Waals surface area (Å²) in [6, 6.07) is 13.8. The van der Waals surface area contributed by atoms with Crippen LogP contribution >= 0.6 is 11.6 Å². The number of para-hydroxylation sites is 1. The molecule has 5 heteroatoms. The van der Waals surface area contributed by atoms with E-state index < -0.39 is 0 Å². The Morgan fingerprint density at radius 3 is 2.52 bits per heavy atom. The Morgan fingerprint density at radius 1 is 1.14 bits per heavy atom. The second-order valence-electron chi connectivity index (χ2n) is 4.40. The van der Waals surface area contributed by atoms with Crippen LogP contribution in [0.5, 0.6) is 5.75 Å². The minimum atomic E-state index is -0.300. The van der Waals surface area contributed by atoms with E-state index in [1.165, 1.54) is 13.0 Å². The van der Waals surface area contributed by atoms with Crippen LogP contribution in [-0.4, -0.2) is 18.3 Å². The Hall–Kier alpha value is -2.33. The molecule has 0 heterocycles. The van der Waals surface area contributed by atoms with Crippen molar-refractivity contribution >= 4 is 29.0 Å². The molecule has 0 unspecified atom stereocenters. The molecule has 0 atom stereocenters. The van der Waals surface area contributed by atoms with Gasteiger partial charge in [-0.1, -0.05) is 29.8 Å². The highest BCUT2D eigenvalue weighted by molar-refractivity contribution is 6.31. The maximum Gasteiger partial charge on any atom is 0.262 e. The zero-order chi connectivity index (χ0) is 15.2. The molecule has 0 radical (unpaired) electrons. The smallest absolute Gasteiger partial charge is 0.262 e. The maximum atomic E-state index is 11.8. The quantitative estimate of drug-likeness (QED) is 0.859. The summed E-state index contributed by atoms with van der Waals surface area (Å²) in [5.74, 6) is -0.128. The summed E-state index contributed by atoms with van der Waals surface area (Å²) in [6.45, 7) is 1.24. The van der Waals surface area contributed by atoms with Gasteiger partial charge >= 0.3 is 0 Å². The third-order valence-electron chi connectivity index (χ3n) is 2.74. The normalized spacial score (nSPS) is 10.0. The van der Waals surface area contributed by atoms with Crippen LogP contribution in [0.4, 0.5) is 5.69 Å². The van der Waals surface area contributed by atoms with Crippen LogP contribution in [0.2, 0.25) is 5.02 Å². The van der Waals surface area contributed by atoms with Crippen molar-refractivity contribution < 1.29 is 14.3 Å². The standard InChI is InChI=1S/C16H14ClNO3/c1-11(19)14-9-12(17)7-8-15(14)21-10-16(20)18-13-5-3-2-4-6-13/h2-9H,10H2,1H3,(H,18,20). The van der Waals surface area contributed by atoms with E-state index in [4.69, 9.17) is 16.3 Å². The lowest BCUT2D eigenvalue weighted by Crippen LogP contribution is -2.20. The number of ketones is 1. The summed E-state index contributed by atoms with van der Waals surface area (Å²) in [7, 11) is 0. The van der Waals surface area contributed by atoms with Crippen molar-refractivity contribution in [2.24, 2.45) is 0 Å². The number of halogens is 1. The van der Waals surface area contributed by atoms with Crippen LogP contribution in [0.1, 0.15) is 17.3 Å². The highest BCUT2D eigenvalue weighted by Crippen LogP contribution is 2.23. The highest BCUT2D eigenvalue weighted by Gasteiger charge is 2.11. The van der Waals surface area contributed by atoms with Gasteiger partial charge in [0.1, 0.15) is 5.75 Å². The van der Waals surface area contributed by atoms with Crippen LogP contribution in [0, 0.1) is 0 Å². The number of Topliss-reactive ketones (excluding diaryl/α,β-unsaturated/α-hetero) is 1. The second-order valence-corrected chi connectivity index (χ2v) is 4.84. The first kappa shape index (κ1) is 15.1. The summed E-state index contributed by atoms with van der Waals surface area (Å²) in [4.78, 5) is 23.3. The maximum absolute atomic E-state index is 11.8. The number of ether oxygens (including phenoxy) is 1. The molecule has 0 bridgehead atoms. The number of carbonyl (C=O) groups excluding carboxylic acids is 2. The lowest BCUT2D eigenvalue weighted by Gasteiger charge is -2.10. The van der Waals surface area contributed by atoms with Gasteiger partial charge in [-0.25, -0.2) is 0 Å². The minimum Gasteiger partial charge on any atom is -0.483 e. The molecule has 2 rings (SSSR count). The van der Waals surface area contributed by atoms with Crippen molar-refractivity contribution in [1.29, 1.82) is 0 Å². The molecule has 21 heavy (non-hydrogen) atoms. The molecule has 4 nitrogen and oxygen atoms in total. The minimum absolute atomic E-state index is 0.170. The van der Waals surface area contributed by atoms with Gasteiger partial charge in [-0.15, -0.1) is 0 Å². The van der Waals surface area contributed by atoms with E-state index in [2.05, 4.69) is 5.32 Å². The first-order chi connectivity index (χ1) is 10.1. The number of anilines is 1. The van der Waals surface area contributed by atoms with Gasteiger partial charge in [-0.3, -0.25) is 9.59 Å². The average Bonchev–Trinajstić information content (AvgIpc) is 2.47. The topological polar surface area (TPSA) is 55.4 Å². The number of carbonyl (C=O) groups is 2. The van der Waals surface area contributed by atoms with Crippen LogP contribution in [-0.2, 0) is 4.79 Å². The van der Waals surface area contributed by atoms with Crippen molar-refractivity contribution in [3.63, 3.8) is 0 Å². The molecule has 0 aromatic heterocycles. The van der Waals surface area contributed by atoms with Crippen LogP contribution in [0.3, 0.4) is 0 Å². The first-order valence-corrected chi connectivity index (χ1v) is 6.72. The van der Waals surface area contributed by atoms with Crippen LogP contribution < -0.4 is 10.1 Å². The molecule has 2 aromatic carbocycles. The lowest BCUT2D eigenvalue weighted by molar-refractivity contribution is -0.118. The van der Waals surface area contributed by atoms with Crippen molar-refractivity contribution in [2.75, 3.05) is 11.9 Å². The van der Waals surface area contributed by atoms with Gasteiger partial charge in [0.15, 0.2) is 12.4 Å². The molecule has 1 N–H and O–H groups in total. The number of hydrogen-bond donors (Lipinski definition) is 1. The molecule has 0 aliphatic heterocycles. The molecule has 0 fully saturated rings. The second kappa shape index (κ2) is 6.90. The summed E-state index contributed by atoms with van der Waals surface area (Å²) >= 11 is 5.84. The van der Waals surface area contributed by atoms with Gasteiger partial charge in [0.2, 0.25) is 0 Å². The van der Waals surface area contributed by atoms with E-state index in [0.29, 0.717) is 22.0 Å². The van der Waals surface area contributed by atoms with Crippen molar-refractivity contribution in [3.8, 4) is 5.75 Å². The molecule has 0 spiro atoms. The van der Waals surface area contributed by atoms with Gasteiger partial charge in [0.05, 0.1) is 5.56 Å². The zero-order valence-corrected chi connectivity index (χ0v) is 12.2. The Morgan fingerprint density at radius 2 is 1.86 bits per heavy atom. The van der Waals surface area contributed by atoms with E-state index >= 15 is 0 Å². The first-order valence-electron chi connectivity index (χ1n) is 6.34. The number of rotatable bonds is 5. The van der Waals surface area contributed by atoms with E-state index in [9.17, 15) is 9.59 Å². The van der Waals surface area contributed by atoms with E-state index in [0.717, 1.165) is 0 Å². The fraction of sp³-hybridized carbons (Fsp3) is 0.125. The van der Waals surface area contributed by atoms with E-state index in [-0.39, 0.29) is 18.3 Å². The van der Waals surface area contributed by atoms with Gasteiger partial charge in [0.25, 0.3) is 5.91 Å². The zero-order valence-electron chi connectivity index (χ0n) is 11.4. The number of hydrogen-bond acceptors (Lipinski definition) is 3. The van der Waals surface area contributed by atoms with Gasteiger partial charge < -0.3 is 10.1 Å². The molecule has 2 aromatic rings. The van der Waals surface area contributed by atoms with Crippen LogP contribution in [0.25, 0.3) is 0 Å². The Bertz CT molecular complexity index is 656. The van der Waals surface area contributed by atoms with Crippen LogP contribution in [0.15, 0.2) is 48.5 Å². The Labute approximate surface area is 127 Å². The molecule has 0 aliphatic rings. The fourth-order valence-electron chi connectivity index (χ4n) is 1.77. The summed E-state index contributed by atoms with van der Waals surface area (Å²) in [6.07, 6.45) is 0. The van der Waals surface area contributed by atoms with Crippen molar-refractivity contribution in [2.45, 2.75) is 6.92 Å². The molecule has 108 valence electrons. The Balaban J connectivity index is 2.00. The largest absolute Gasteiger partial charge is 0.483 e. The lowest BCUT2D eigenvalue weighted by atomic mass is 10.1. The molecule has 0 saturated heterocycles.